The number of nitrogens with zero attached hydrogens (tertiary/aromatic N) is 1. The van der Waals surface area contributed by atoms with Gasteiger partial charge in [-0.05, 0) is 19.8 Å². The molecule has 0 aromatic rings. The molecule has 1 amide bonds. The van der Waals surface area contributed by atoms with E-state index in [9.17, 15) is 4.79 Å². The summed E-state index contributed by atoms with van der Waals surface area (Å²) in [5.41, 5.74) is 0. The van der Waals surface area contributed by atoms with E-state index in [-0.39, 0.29) is 30.5 Å². The maximum absolute atomic E-state index is 12.2. The van der Waals surface area contributed by atoms with Crippen LogP contribution in [0.1, 0.15) is 19.8 Å². The van der Waals surface area contributed by atoms with Crippen molar-refractivity contribution in [3.05, 3.63) is 0 Å². The fraction of sp³-hybridized carbons (Fsp3) is 0.909. The van der Waals surface area contributed by atoms with Gasteiger partial charge in [-0.15, -0.1) is 24.2 Å². The number of thioether (sulfide) groups is 1. The molecule has 2 aliphatic heterocycles. The summed E-state index contributed by atoms with van der Waals surface area (Å²) in [5, 5.41) is 3.23. The summed E-state index contributed by atoms with van der Waals surface area (Å²) in [6, 6.07) is 0.0198. The summed E-state index contributed by atoms with van der Waals surface area (Å²) >= 11 is 1.79. The minimum atomic E-state index is 0. The maximum Gasteiger partial charge on any atom is 0.240 e. The van der Waals surface area contributed by atoms with Gasteiger partial charge in [0.05, 0.1) is 12.1 Å². The van der Waals surface area contributed by atoms with E-state index < -0.39 is 0 Å². The number of likely N-dealkylation sites (N-methyl/N-ethyl adjacent to an activating group) is 1. The first-order chi connectivity index (χ1) is 7.81. The Hall–Kier alpha value is 0.0300. The van der Waals surface area contributed by atoms with Gasteiger partial charge in [-0.2, -0.15) is 0 Å². The zero-order valence-electron chi connectivity index (χ0n) is 10.2. The molecule has 2 fully saturated rings. The second kappa shape index (κ2) is 7.46. The molecule has 0 aromatic carbocycles. The van der Waals surface area contributed by atoms with Crippen LogP contribution < -0.4 is 5.32 Å². The van der Waals surface area contributed by atoms with Crippen LogP contribution in [0.15, 0.2) is 0 Å². The maximum atomic E-state index is 12.2. The van der Waals surface area contributed by atoms with E-state index in [0.717, 1.165) is 44.2 Å². The lowest BCUT2D eigenvalue weighted by atomic mass is 10.2. The molecule has 0 spiro atoms. The highest BCUT2D eigenvalue weighted by atomic mass is 35.5. The van der Waals surface area contributed by atoms with Crippen LogP contribution in [0, 0.1) is 0 Å². The summed E-state index contributed by atoms with van der Waals surface area (Å²) in [7, 11) is 0. The van der Waals surface area contributed by atoms with Crippen LogP contribution in [-0.2, 0) is 9.53 Å². The Labute approximate surface area is 113 Å². The Kier molecular flexibility index (Phi) is 6.62. The number of nitrogens with one attached hydrogen (secondary N) is 1. The normalized spacial score (nSPS) is 27.8. The van der Waals surface area contributed by atoms with E-state index in [0.29, 0.717) is 0 Å². The van der Waals surface area contributed by atoms with Gasteiger partial charge in [0.25, 0.3) is 0 Å². The third-order valence-corrected chi connectivity index (χ3v) is 4.10. The summed E-state index contributed by atoms with van der Waals surface area (Å²) in [4.78, 5) is 14.1. The first-order valence-corrected chi connectivity index (χ1v) is 7.18. The molecule has 100 valence electrons. The van der Waals surface area contributed by atoms with Crippen molar-refractivity contribution >= 4 is 30.1 Å². The van der Waals surface area contributed by atoms with Crippen LogP contribution in [0.3, 0.4) is 0 Å². The number of carbonyl (C=O) groups excluding carboxylic acids is 1. The quantitative estimate of drug-likeness (QED) is 0.837. The first kappa shape index (κ1) is 15.1. The highest BCUT2D eigenvalue weighted by Gasteiger charge is 2.28. The Morgan fingerprint density at radius 2 is 2.41 bits per heavy atom. The molecule has 4 nitrogen and oxygen atoms in total. The third kappa shape index (κ3) is 4.02. The van der Waals surface area contributed by atoms with Crippen LogP contribution in [0.25, 0.3) is 0 Å². The number of halogens is 1. The summed E-state index contributed by atoms with van der Waals surface area (Å²) in [6.45, 7) is 4.43. The van der Waals surface area contributed by atoms with Gasteiger partial charge in [0.1, 0.15) is 0 Å². The molecule has 2 saturated heterocycles. The monoisotopic (exact) mass is 280 g/mol. The molecule has 2 aliphatic rings. The lowest BCUT2D eigenvalue weighted by Crippen LogP contribution is -2.47. The molecule has 2 unspecified atom stereocenters. The number of hydrogen-bond donors (Lipinski definition) is 1. The summed E-state index contributed by atoms with van der Waals surface area (Å²) < 4.78 is 5.58. The standard InChI is InChI=1S/C11H20N2O2S.ClH/c1-2-13(6-9-4-3-5-15-9)11(14)10-7-16-8-12-10;/h9-10,12H,2-8H2,1H3;1H. The number of amides is 1. The molecule has 1 N–H and O–H groups in total. The Balaban J connectivity index is 0.00000144. The van der Waals surface area contributed by atoms with Gasteiger partial charge in [-0.1, -0.05) is 0 Å². The Bertz CT molecular complexity index is 244. The van der Waals surface area contributed by atoms with Gasteiger partial charge in [-0.3, -0.25) is 10.1 Å². The highest BCUT2D eigenvalue weighted by molar-refractivity contribution is 7.99. The lowest BCUT2D eigenvalue weighted by Gasteiger charge is -2.26. The van der Waals surface area contributed by atoms with E-state index >= 15 is 0 Å². The number of hydrogen-bond acceptors (Lipinski definition) is 4. The highest BCUT2D eigenvalue weighted by Crippen LogP contribution is 2.16. The van der Waals surface area contributed by atoms with Crippen molar-refractivity contribution in [2.75, 3.05) is 31.3 Å². The minimum absolute atomic E-state index is 0. The minimum Gasteiger partial charge on any atom is -0.376 e. The lowest BCUT2D eigenvalue weighted by molar-refractivity contribution is -0.134. The molecular formula is C11H21ClN2O2S. The zero-order chi connectivity index (χ0) is 11.4. The number of ether oxygens (including phenoxy) is 1. The zero-order valence-corrected chi connectivity index (χ0v) is 11.8. The predicted molar refractivity (Wildman–Crippen MR) is 72.7 cm³/mol. The van der Waals surface area contributed by atoms with Gasteiger partial charge >= 0.3 is 0 Å². The second-order valence-electron chi connectivity index (χ2n) is 4.28. The van der Waals surface area contributed by atoms with Crippen molar-refractivity contribution in [1.82, 2.24) is 10.2 Å². The van der Waals surface area contributed by atoms with E-state index in [1.54, 1.807) is 11.8 Å². The average Bonchev–Trinajstić information content (AvgIpc) is 2.97. The van der Waals surface area contributed by atoms with Crippen LogP contribution in [-0.4, -0.2) is 54.3 Å². The number of carbonyl (C=O) groups is 1. The smallest absolute Gasteiger partial charge is 0.240 e. The predicted octanol–water partition coefficient (Wildman–Crippen LogP) is 1.10. The van der Waals surface area contributed by atoms with E-state index in [2.05, 4.69) is 5.32 Å². The van der Waals surface area contributed by atoms with Crippen LogP contribution >= 0.6 is 24.2 Å². The van der Waals surface area contributed by atoms with E-state index in [4.69, 9.17) is 4.74 Å². The summed E-state index contributed by atoms with van der Waals surface area (Å²) in [6.07, 6.45) is 2.49. The van der Waals surface area contributed by atoms with Crippen LogP contribution in [0.4, 0.5) is 0 Å². The fourth-order valence-electron chi connectivity index (χ4n) is 2.18. The third-order valence-electron chi connectivity index (χ3n) is 3.16. The molecule has 0 saturated carbocycles. The Morgan fingerprint density at radius 3 is 2.94 bits per heavy atom. The summed E-state index contributed by atoms with van der Waals surface area (Å²) in [5.74, 6) is 2.04. The first-order valence-electron chi connectivity index (χ1n) is 6.02. The van der Waals surface area contributed by atoms with Gasteiger partial charge in [0.15, 0.2) is 0 Å². The molecule has 0 aromatic heterocycles. The van der Waals surface area contributed by atoms with Crippen molar-refractivity contribution in [1.29, 1.82) is 0 Å². The van der Waals surface area contributed by atoms with Gasteiger partial charge < -0.3 is 9.64 Å². The Morgan fingerprint density at radius 1 is 1.59 bits per heavy atom. The second-order valence-corrected chi connectivity index (χ2v) is 5.31. The molecule has 2 heterocycles. The number of rotatable bonds is 4. The van der Waals surface area contributed by atoms with Crippen molar-refractivity contribution in [3.63, 3.8) is 0 Å². The topological polar surface area (TPSA) is 41.6 Å². The molecule has 0 aliphatic carbocycles. The van der Waals surface area contributed by atoms with E-state index in [1.807, 2.05) is 11.8 Å². The largest absolute Gasteiger partial charge is 0.376 e. The van der Waals surface area contributed by atoms with Crippen molar-refractivity contribution in [2.24, 2.45) is 0 Å². The van der Waals surface area contributed by atoms with E-state index in [1.165, 1.54) is 0 Å². The fourth-order valence-corrected chi connectivity index (χ4v) is 3.12. The van der Waals surface area contributed by atoms with Crippen molar-refractivity contribution < 1.29 is 9.53 Å². The molecule has 2 rings (SSSR count). The molecular weight excluding hydrogens is 260 g/mol. The molecule has 0 radical (unpaired) electrons. The van der Waals surface area contributed by atoms with Crippen LogP contribution in [0.5, 0.6) is 0 Å². The molecule has 2 atom stereocenters. The van der Waals surface area contributed by atoms with Gasteiger partial charge in [0, 0.05) is 31.3 Å². The van der Waals surface area contributed by atoms with Crippen molar-refractivity contribution in [3.8, 4) is 0 Å². The van der Waals surface area contributed by atoms with Gasteiger partial charge in [0.2, 0.25) is 5.91 Å². The SMILES string of the molecule is CCN(CC1CCCO1)C(=O)C1CSCN1.Cl. The molecule has 0 bridgehead atoms. The molecule has 6 heteroatoms. The average molecular weight is 281 g/mol. The molecule has 17 heavy (non-hydrogen) atoms. The van der Waals surface area contributed by atoms with Gasteiger partial charge in [-0.25, -0.2) is 0 Å². The van der Waals surface area contributed by atoms with Crippen molar-refractivity contribution in [2.45, 2.75) is 31.9 Å². The van der Waals surface area contributed by atoms with Crippen LogP contribution in [0.2, 0.25) is 0 Å².